The Bertz CT molecular complexity index is 1400. The number of hydrogen-bond donors (Lipinski definition) is 2. The van der Waals surface area contributed by atoms with E-state index in [0.29, 0.717) is 15.9 Å². The lowest BCUT2D eigenvalue weighted by Gasteiger charge is -2.09. The summed E-state index contributed by atoms with van der Waals surface area (Å²) >= 11 is 1.10. The zero-order chi connectivity index (χ0) is 24.5. The van der Waals surface area contributed by atoms with Crippen LogP contribution in [0.15, 0.2) is 59.0 Å². The number of nitrogens with zero attached hydrogens (tertiary/aromatic N) is 2. The molecule has 0 aliphatic rings. The Morgan fingerprint density at radius 3 is 2.41 bits per heavy atom. The number of aromatic nitrogens is 1. The molecule has 0 spiro atoms. The number of thiazole rings is 1. The Morgan fingerprint density at radius 1 is 1.03 bits per heavy atom. The normalized spacial score (nSPS) is 11.3. The summed E-state index contributed by atoms with van der Waals surface area (Å²) < 4.78 is 46.0. The van der Waals surface area contributed by atoms with E-state index in [1.807, 2.05) is 0 Å². The van der Waals surface area contributed by atoms with Gasteiger partial charge in [0, 0.05) is 11.3 Å². The third kappa shape index (κ3) is 5.29. The molecule has 4 rings (SSSR count). The Morgan fingerprint density at radius 2 is 1.76 bits per heavy atom. The number of amides is 2. The van der Waals surface area contributed by atoms with Crippen LogP contribution in [-0.2, 0) is 0 Å². The molecular formula is C20H11F3N4O6S. The number of furan rings is 1. The van der Waals surface area contributed by atoms with Crippen molar-refractivity contribution in [1.29, 1.82) is 0 Å². The van der Waals surface area contributed by atoms with Crippen molar-refractivity contribution < 1.29 is 36.8 Å². The highest BCUT2D eigenvalue weighted by molar-refractivity contribution is 7.22. The Hall–Kier alpha value is -4.46. The Kier molecular flexibility index (Phi) is 5.89. The smallest absolute Gasteiger partial charge is 0.406 e. The minimum atomic E-state index is -4.83. The van der Waals surface area contributed by atoms with E-state index in [-0.39, 0.29) is 16.5 Å². The van der Waals surface area contributed by atoms with Crippen molar-refractivity contribution in [2.75, 3.05) is 10.6 Å². The molecule has 0 aliphatic heterocycles. The standard InChI is InChI=1S/C20H11F3N4O6S/c21-20(22,23)33-12-4-1-10(2-5-12)17(28)26-19-25-13-6-3-11(9-15(13)34-19)24-18(29)14-7-8-16(32-14)27(30)31/h1-9H,(H,24,29)(H,25,26,28). The molecule has 2 amide bonds. The molecule has 0 saturated heterocycles. The van der Waals surface area contributed by atoms with Gasteiger partial charge in [-0.3, -0.25) is 25.0 Å². The number of hydrogen-bond acceptors (Lipinski definition) is 8. The molecule has 0 radical (unpaired) electrons. The van der Waals surface area contributed by atoms with E-state index in [9.17, 15) is 32.9 Å². The number of carbonyl (C=O) groups excluding carboxylic acids is 2. The van der Waals surface area contributed by atoms with Gasteiger partial charge in [0.1, 0.15) is 10.7 Å². The number of nitrogens with one attached hydrogen (secondary N) is 2. The van der Waals surface area contributed by atoms with Gasteiger partial charge in [0.25, 0.3) is 11.8 Å². The van der Waals surface area contributed by atoms with Crippen LogP contribution in [0.2, 0.25) is 0 Å². The van der Waals surface area contributed by atoms with Crippen molar-refractivity contribution in [3.8, 4) is 5.75 Å². The molecule has 174 valence electrons. The SMILES string of the molecule is O=C(Nc1nc2ccc(NC(=O)c3ccc([N+](=O)[O-])o3)cc2s1)c1ccc(OC(F)(F)F)cc1. The van der Waals surface area contributed by atoms with Crippen LogP contribution in [0.1, 0.15) is 20.9 Å². The number of rotatable bonds is 6. The van der Waals surface area contributed by atoms with Crippen LogP contribution >= 0.6 is 11.3 Å². The molecule has 14 heteroatoms. The predicted octanol–water partition coefficient (Wildman–Crippen LogP) is 5.20. The molecule has 0 aliphatic carbocycles. The second-order valence-electron chi connectivity index (χ2n) is 6.58. The summed E-state index contributed by atoms with van der Waals surface area (Å²) in [6.07, 6.45) is -4.83. The van der Waals surface area contributed by atoms with Crippen molar-refractivity contribution in [1.82, 2.24) is 4.98 Å². The lowest BCUT2D eigenvalue weighted by Crippen LogP contribution is -2.17. The highest BCUT2D eigenvalue weighted by atomic mass is 32.1. The van der Waals surface area contributed by atoms with E-state index >= 15 is 0 Å². The molecule has 34 heavy (non-hydrogen) atoms. The molecule has 0 saturated carbocycles. The van der Waals surface area contributed by atoms with Crippen LogP contribution in [-0.4, -0.2) is 28.1 Å². The number of nitro groups is 1. The van der Waals surface area contributed by atoms with Crippen LogP contribution in [0.4, 0.5) is 29.9 Å². The molecule has 0 atom stereocenters. The van der Waals surface area contributed by atoms with Crippen molar-refractivity contribution >= 4 is 50.1 Å². The van der Waals surface area contributed by atoms with Gasteiger partial charge in [-0.1, -0.05) is 11.3 Å². The van der Waals surface area contributed by atoms with E-state index in [2.05, 4.69) is 20.4 Å². The topological polar surface area (TPSA) is 137 Å². The first-order chi connectivity index (χ1) is 16.1. The summed E-state index contributed by atoms with van der Waals surface area (Å²) in [5, 5.41) is 16.0. The number of carbonyl (C=O) groups is 2. The van der Waals surface area contributed by atoms with Gasteiger partial charge < -0.3 is 14.5 Å². The monoisotopic (exact) mass is 492 g/mol. The summed E-state index contributed by atoms with van der Waals surface area (Å²) in [6.45, 7) is 0. The maximum absolute atomic E-state index is 12.4. The van der Waals surface area contributed by atoms with Crippen LogP contribution in [0.5, 0.6) is 5.75 Å². The van der Waals surface area contributed by atoms with Gasteiger partial charge in [0.15, 0.2) is 10.9 Å². The van der Waals surface area contributed by atoms with Gasteiger partial charge >= 0.3 is 12.2 Å². The molecule has 0 bridgehead atoms. The van der Waals surface area contributed by atoms with Crippen LogP contribution in [0.3, 0.4) is 0 Å². The van der Waals surface area contributed by atoms with Crippen LogP contribution in [0.25, 0.3) is 10.2 Å². The average molecular weight is 492 g/mol. The molecule has 2 heterocycles. The van der Waals surface area contributed by atoms with Gasteiger partial charge in [0.2, 0.25) is 0 Å². The summed E-state index contributed by atoms with van der Waals surface area (Å²) in [5.74, 6) is -2.54. The second kappa shape index (κ2) is 8.82. The third-order valence-electron chi connectivity index (χ3n) is 4.21. The summed E-state index contributed by atoms with van der Waals surface area (Å²) in [7, 11) is 0. The second-order valence-corrected chi connectivity index (χ2v) is 7.61. The fourth-order valence-corrected chi connectivity index (χ4v) is 3.67. The third-order valence-corrected chi connectivity index (χ3v) is 5.15. The van der Waals surface area contributed by atoms with E-state index in [1.54, 1.807) is 18.2 Å². The molecule has 4 aromatic rings. The lowest BCUT2D eigenvalue weighted by atomic mass is 10.2. The minimum Gasteiger partial charge on any atom is -0.406 e. The van der Waals surface area contributed by atoms with Crippen molar-refractivity contribution in [2.45, 2.75) is 6.36 Å². The maximum atomic E-state index is 12.4. The largest absolute Gasteiger partial charge is 0.573 e. The summed E-state index contributed by atoms with van der Waals surface area (Å²) in [4.78, 5) is 38.8. The van der Waals surface area contributed by atoms with E-state index in [0.717, 1.165) is 29.5 Å². The van der Waals surface area contributed by atoms with E-state index in [4.69, 9.17) is 4.42 Å². The number of anilines is 2. The molecule has 0 fully saturated rings. The number of benzene rings is 2. The van der Waals surface area contributed by atoms with Gasteiger partial charge in [-0.2, -0.15) is 0 Å². The zero-order valence-corrected chi connectivity index (χ0v) is 17.4. The van der Waals surface area contributed by atoms with Crippen molar-refractivity contribution in [3.63, 3.8) is 0 Å². The van der Waals surface area contributed by atoms with Crippen molar-refractivity contribution in [3.05, 3.63) is 76.0 Å². The molecule has 10 nitrogen and oxygen atoms in total. The highest BCUT2D eigenvalue weighted by Crippen LogP contribution is 2.29. The molecule has 2 aromatic heterocycles. The summed E-state index contributed by atoms with van der Waals surface area (Å²) in [5.41, 5.74) is 0.966. The van der Waals surface area contributed by atoms with Crippen molar-refractivity contribution in [2.24, 2.45) is 0 Å². The molecule has 2 N–H and O–H groups in total. The number of ether oxygens (including phenoxy) is 1. The van der Waals surface area contributed by atoms with Gasteiger partial charge in [-0.05, 0) is 48.5 Å². The molecule has 2 aromatic carbocycles. The average Bonchev–Trinajstić information content (AvgIpc) is 3.40. The van der Waals surface area contributed by atoms with E-state index in [1.165, 1.54) is 18.2 Å². The van der Waals surface area contributed by atoms with Gasteiger partial charge in [0.05, 0.1) is 16.3 Å². The summed E-state index contributed by atoms with van der Waals surface area (Å²) in [6, 6.07) is 11.3. The molecule has 0 unspecified atom stereocenters. The first-order valence-electron chi connectivity index (χ1n) is 9.21. The molecular weight excluding hydrogens is 481 g/mol. The fourth-order valence-electron chi connectivity index (χ4n) is 2.77. The lowest BCUT2D eigenvalue weighted by molar-refractivity contribution is -0.402. The van der Waals surface area contributed by atoms with Gasteiger partial charge in [-0.15, -0.1) is 13.2 Å². The fraction of sp³-hybridized carbons (Fsp3) is 0.0500. The van der Waals surface area contributed by atoms with Gasteiger partial charge in [-0.25, -0.2) is 4.98 Å². The highest BCUT2D eigenvalue weighted by Gasteiger charge is 2.31. The first kappa shape index (κ1) is 22.7. The van der Waals surface area contributed by atoms with E-state index < -0.39 is 34.7 Å². The maximum Gasteiger partial charge on any atom is 0.573 e. The first-order valence-corrected chi connectivity index (χ1v) is 10.0. The zero-order valence-electron chi connectivity index (χ0n) is 16.6. The van der Waals surface area contributed by atoms with Crippen LogP contribution < -0.4 is 15.4 Å². The van der Waals surface area contributed by atoms with Crippen LogP contribution in [0, 0.1) is 10.1 Å². The predicted molar refractivity (Wildman–Crippen MR) is 114 cm³/mol. The minimum absolute atomic E-state index is 0.0919. The number of fused-ring (bicyclic) bond motifs is 1. The quantitative estimate of drug-likeness (QED) is 0.279. The number of alkyl halides is 3. The number of halogens is 3. The Labute approximate surface area is 191 Å². The Balaban J connectivity index is 1.44.